The van der Waals surface area contributed by atoms with Crippen molar-refractivity contribution in [3.63, 3.8) is 0 Å². The van der Waals surface area contributed by atoms with Crippen molar-refractivity contribution in [3.05, 3.63) is 23.3 Å². The molecule has 5 nitrogen and oxygen atoms in total. The lowest BCUT2D eigenvalue weighted by Crippen LogP contribution is -2.11. The molecule has 0 unspecified atom stereocenters. The van der Waals surface area contributed by atoms with Crippen LogP contribution in [0.5, 0.6) is 5.75 Å². The second-order valence-electron chi connectivity index (χ2n) is 2.93. The largest absolute Gasteiger partial charge is 0.465 e. The molecule has 0 aliphatic carbocycles. The number of alkyl halides is 2. The number of nitrogens with zero attached hydrogens (tertiary/aromatic N) is 1. The Hall–Kier alpha value is -2.36. The molecule has 0 aliphatic heterocycles. The van der Waals surface area contributed by atoms with Crippen LogP contribution >= 0.6 is 0 Å². The van der Waals surface area contributed by atoms with Crippen LogP contribution in [0.3, 0.4) is 0 Å². The molecular formula is C10H8F2N2O3. The van der Waals surface area contributed by atoms with E-state index in [0.29, 0.717) is 0 Å². The SMILES string of the molecule is COC(=O)c1cc(N)cc(C#N)c1OC(F)F. The standard InChI is InChI=1S/C10H8F2N2O3/c1-16-9(15)7-3-6(14)2-5(4-13)8(7)17-10(11)12/h2-3,10H,14H2,1H3. The average molecular weight is 242 g/mol. The van der Waals surface area contributed by atoms with Gasteiger partial charge in [-0.3, -0.25) is 0 Å². The van der Waals surface area contributed by atoms with E-state index in [0.717, 1.165) is 19.2 Å². The Kier molecular flexibility index (Phi) is 3.82. The van der Waals surface area contributed by atoms with Gasteiger partial charge in [0, 0.05) is 5.69 Å². The molecule has 1 rings (SSSR count). The molecule has 2 N–H and O–H groups in total. The average Bonchev–Trinajstić information content (AvgIpc) is 2.29. The number of nitrogen functional groups attached to an aromatic ring is 1. The first kappa shape index (κ1) is 12.7. The van der Waals surface area contributed by atoms with E-state index in [1.165, 1.54) is 0 Å². The zero-order valence-electron chi connectivity index (χ0n) is 8.74. The molecular weight excluding hydrogens is 234 g/mol. The number of benzene rings is 1. The molecule has 0 amide bonds. The van der Waals surface area contributed by atoms with Crippen LogP contribution < -0.4 is 10.5 Å². The van der Waals surface area contributed by atoms with Crippen molar-refractivity contribution in [3.8, 4) is 11.8 Å². The van der Waals surface area contributed by atoms with Crippen LogP contribution in [-0.2, 0) is 4.74 Å². The molecule has 0 radical (unpaired) electrons. The Labute approximate surface area is 95.3 Å². The minimum absolute atomic E-state index is 0.0727. The number of esters is 1. The van der Waals surface area contributed by atoms with E-state index in [1.807, 2.05) is 0 Å². The summed E-state index contributed by atoms with van der Waals surface area (Å²) in [4.78, 5) is 11.3. The van der Waals surface area contributed by atoms with Crippen LogP contribution in [0, 0.1) is 11.3 Å². The lowest BCUT2D eigenvalue weighted by molar-refractivity contribution is -0.0505. The predicted molar refractivity (Wildman–Crippen MR) is 53.5 cm³/mol. The van der Waals surface area contributed by atoms with Gasteiger partial charge in [-0.15, -0.1) is 0 Å². The van der Waals surface area contributed by atoms with E-state index in [4.69, 9.17) is 11.0 Å². The van der Waals surface area contributed by atoms with Gasteiger partial charge in [-0.2, -0.15) is 14.0 Å². The number of rotatable bonds is 3. The maximum atomic E-state index is 12.2. The normalized spacial score (nSPS) is 9.82. The molecule has 0 atom stereocenters. The predicted octanol–water partition coefficient (Wildman–Crippen LogP) is 1.53. The topological polar surface area (TPSA) is 85.3 Å². The third-order valence-electron chi connectivity index (χ3n) is 1.84. The third-order valence-corrected chi connectivity index (χ3v) is 1.84. The van der Waals surface area contributed by atoms with Gasteiger partial charge in [0.1, 0.15) is 11.6 Å². The summed E-state index contributed by atoms with van der Waals surface area (Å²) in [6.07, 6.45) is 0. The molecule has 0 fully saturated rings. The van der Waals surface area contributed by atoms with Crippen molar-refractivity contribution in [2.24, 2.45) is 0 Å². The highest BCUT2D eigenvalue weighted by Crippen LogP contribution is 2.28. The Morgan fingerprint density at radius 2 is 2.18 bits per heavy atom. The van der Waals surface area contributed by atoms with Crippen LogP contribution in [0.1, 0.15) is 15.9 Å². The van der Waals surface area contributed by atoms with Gasteiger partial charge in [0.05, 0.1) is 12.7 Å². The van der Waals surface area contributed by atoms with E-state index in [2.05, 4.69) is 9.47 Å². The molecule has 0 aromatic heterocycles. The molecule has 17 heavy (non-hydrogen) atoms. The van der Waals surface area contributed by atoms with Crippen LogP contribution in [-0.4, -0.2) is 19.7 Å². The van der Waals surface area contributed by atoms with Gasteiger partial charge < -0.3 is 15.2 Å². The van der Waals surface area contributed by atoms with E-state index >= 15 is 0 Å². The summed E-state index contributed by atoms with van der Waals surface area (Å²) in [5.41, 5.74) is 4.92. The molecule has 0 saturated heterocycles. The molecule has 0 heterocycles. The fourth-order valence-corrected chi connectivity index (χ4v) is 1.21. The van der Waals surface area contributed by atoms with Gasteiger partial charge in [-0.05, 0) is 12.1 Å². The zero-order chi connectivity index (χ0) is 13.0. The van der Waals surface area contributed by atoms with Crippen LogP contribution in [0.15, 0.2) is 12.1 Å². The number of methoxy groups -OCH3 is 1. The first-order valence-corrected chi connectivity index (χ1v) is 4.36. The number of carbonyl (C=O) groups is 1. The minimum Gasteiger partial charge on any atom is -0.465 e. The number of anilines is 1. The van der Waals surface area contributed by atoms with Gasteiger partial charge in [0.25, 0.3) is 0 Å². The summed E-state index contributed by atoms with van der Waals surface area (Å²) in [6.45, 7) is -3.16. The fraction of sp³-hybridized carbons (Fsp3) is 0.200. The van der Waals surface area contributed by atoms with Crippen molar-refractivity contribution >= 4 is 11.7 Å². The summed E-state index contributed by atoms with van der Waals surface area (Å²) in [7, 11) is 1.07. The Morgan fingerprint density at radius 1 is 1.53 bits per heavy atom. The first-order valence-electron chi connectivity index (χ1n) is 4.36. The maximum Gasteiger partial charge on any atom is 0.387 e. The Bertz CT molecular complexity index is 483. The van der Waals surface area contributed by atoms with Crippen molar-refractivity contribution in [1.82, 2.24) is 0 Å². The maximum absolute atomic E-state index is 12.2. The molecule has 0 spiro atoms. The van der Waals surface area contributed by atoms with Crippen molar-refractivity contribution in [2.45, 2.75) is 6.61 Å². The van der Waals surface area contributed by atoms with Gasteiger partial charge in [-0.25, -0.2) is 4.79 Å². The number of halogens is 2. The van der Waals surface area contributed by atoms with Crippen molar-refractivity contribution in [2.75, 3.05) is 12.8 Å². The molecule has 0 aliphatic rings. The molecule has 0 bridgehead atoms. The summed E-state index contributed by atoms with van der Waals surface area (Å²) in [5.74, 6) is -1.45. The molecule has 1 aromatic rings. The highest BCUT2D eigenvalue weighted by Gasteiger charge is 2.21. The summed E-state index contributed by atoms with van der Waals surface area (Å²) in [5, 5.41) is 8.75. The van der Waals surface area contributed by atoms with Crippen molar-refractivity contribution in [1.29, 1.82) is 5.26 Å². The van der Waals surface area contributed by atoms with Crippen LogP contribution in [0.25, 0.3) is 0 Å². The van der Waals surface area contributed by atoms with Gasteiger partial charge >= 0.3 is 12.6 Å². The zero-order valence-corrected chi connectivity index (χ0v) is 8.74. The lowest BCUT2D eigenvalue weighted by atomic mass is 10.1. The van der Waals surface area contributed by atoms with E-state index in [1.54, 1.807) is 6.07 Å². The van der Waals surface area contributed by atoms with Crippen LogP contribution in [0.2, 0.25) is 0 Å². The minimum atomic E-state index is -3.16. The Morgan fingerprint density at radius 3 is 2.65 bits per heavy atom. The second-order valence-corrected chi connectivity index (χ2v) is 2.93. The van der Waals surface area contributed by atoms with E-state index < -0.39 is 18.3 Å². The number of carbonyl (C=O) groups excluding carboxylic acids is 1. The second kappa shape index (κ2) is 5.12. The highest BCUT2D eigenvalue weighted by atomic mass is 19.3. The summed E-state index contributed by atoms with van der Waals surface area (Å²) < 4.78 is 32.9. The lowest BCUT2D eigenvalue weighted by Gasteiger charge is -2.11. The van der Waals surface area contributed by atoms with E-state index in [9.17, 15) is 13.6 Å². The van der Waals surface area contributed by atoms with Gasteiger partial charge in [-0.1, -0.05) is 0 Å². The van der Waals surface area contributed by atoms with Crippen LogP contribution in [0.4, 0.5) is 14.5 Å². The fourth-order valence-electron chi connectivity index (χ4n) is 1.21. The molecule has 90 valence electrons. The number of hydrogen-bond donors (Lipinski definition) is 1. The smallest absolute Gasteiger partial charge is 0.387 e. The number of ether oxygens (including phenoxy) is 2. The highest BCUT2D eigenvalue weighted by molar-refractivity contribution is 5.94. The van der Waals surface area contributed by atoms with Gasteiger partial charge in [0.15, 0.2) is 5.75 Å². The quantitative estimate of drug-likeness (QED) is 0.641. The first-order chi connectivity index (χ1) is 7.99. The number of nitrogens with two attached hydrogens (primary N) is 1. The summed E-state index contributed by atoms with van der Waals surface area (Å²) in [6, 6.07) is 3.85. The molecule has 0 saturated carbocycles. The number of hydrogen-bond acceptors (Lipinski definition) is 5. The van der Waals surface area contributed by atoms with E-state index in [-0.39, 0.29) is 16.8 Å². The Balaban J connectivity index is 3.39. The monoisotopic (exact) mass is 242 g/mol. The molecule has 7 heteroatoms. The summed E-state index contributed by atoms with van der Waals surface area (Å²) >= 11 is 0. The van der Waals surface area contributed by atoms with Crippen molar-refractivity contribution < 1.29 is 23.0 Å². The van der Waals surface area contributed by atoms with Gasteiger partial charge in [0.2, 0.25) is 0 Å². The molecule has 1 aromatic carbocycles. The third kappa shape index (κ3) is 2.81. The number of nitriles is 1.